The first-order valence-corrected chi connectivity index (χ1v) is 12.8. The number of imidazole rings is 1. The second-order valence-electron chi connectivity index (χ2n) is 10.5. The van der Waals surface area contributed by atoms with Gasteiger partial charge in [-0.05, 0) is 44.2 Å². The molecule has 37 heavy (non-hydrogen) atoms. The van der Waals surface area contributed by atoms with Gasteiger partial charge in [-0.3, -0.25) is 9.36 Å². The molecule has 1 aromatic carbocycles. The van der Waals surface area contributed by atoms with Crippen molar-refractivity contribution in [3.63, 3.8) is 0 Å². The average molecular weight is 534 g/mol. The van der Waals surface area contributed by atoms with E-state index in [0.717, 1.165) is 18.6 Å². The summed E-state index contributed by atoms with van der Waals surface area (Å²) in [6.45, 7) is 5.53. The molecule has 1 unspecified atom stereocenters. The molecule has 2 aromatic heterocycles. The number of nitrogens with one attached hydrogen (secondary N) is 2. The highest BCUT2D eigenvalue weighted by molar-refractivity contribution is 6.30. The molecule has 2 fully saturated rings. The van der Waals surface area contributed by atoms with Gasteiger partial charge in [0.25, 0.3) is 0 Å². The van der Waals surface area contributed by atoms with E-state index in [4.69, 9.17) is 27.1 Å². The summed E-state index contributed by atoms with van der Waals surface area (Å²) in [7, 11) is 0. The Morgan fingerprint density at radius 3 is 2.51 bits per heavy atom. The lowest BCUT2D eigenvalue weighted by Gasteiger charge is -2.38. The number of nitrogens with zero attached hydrogens (tertiary/aromatic N) is 4. The van der Waals surface area contributed by atoms with Crippen molar-refractivity contribution >= 4 is 46.3 Å². The molecule has 0 spiro atoms. The first kappa shape index (κ1) is 25.6. The van der Waals surface area contributed by atoms with E-state index in [2.05, 4.69) is 34.4 Å². The molecule has 3 aromatic rings. The van der Waals surface area contributed by atoms with Gasteiger partial charge in [-0.15, -0.1) is 0 Å². The summed E-state index contributed by atoms with van der Waals surface area (Å²) in [5.74, 6) is -1.51. The third kappa shape index (κ3) is 5.19. The molecule has 198 valence electrons. The fourth-order valence-corrected chi connectivity index (χ4v) is 5.43. The maximum Gasteiger partial charge on any atom is 0.225 e. The van der Waals surface area contributed by atoms with Gasteiger partial charge in [-0.1, -0.05) is 25.4 Å². The quantitative estimate of drug-likeness (QED) is 0.410. The molecule has 1 aliphatic heterocycles. The third-order valence-corrected chi connectivity index (χ3v) is 7.63. The number of amides is 1. The minimum atomic E-state index is -0.837. The van der Waals surface area contributed by atoms with E-state index in [-0.39, 0.29) is 46.0 Å². The van der Waals surface area contributed by atoms with Crippen LogP contribution in [0.4, 0.5) is 26.4 Å². The molecular weight excluding hydrogens is 504 g/mol. The van der Waals surface area contributed by atoms with Crippen molar-refractivity contribution in [2.75, 3.05) is 23.8 Å². The molecule has 12 heteroatoms. The van der Waals surface area contributed by atoms with Gasteiger partial charge in [0.15, 0.2) is 17.3 Å². The fourth-order valence-electron chi connectivity index (χ4n) is 5.24. The Labute approximate surface area is 218 Å². The summed E-state index contributed by atoms with van der Waals surface area (Å²) < 4.78 is 36.8. The molecular formula is C25H30ClF2N7O2. The minimum absolute atomic E-state index is 0.0450. The number of anilines is 3. The summed E-state index contributed by atoms with van der Waals surface area (Å²) in [4.78, 5) is 25.5. The van der Waals surface area contributed by atoms with Crippen LogP contribution in [0.3, 0.4) is 0 Å². The van der Waals surface area contributed by atoms with Crippen molar-refractivity contribution in [2.45, 2.75) is 58.0 Å². The number of hydrogen-bond acceptors (Lipinski definition) is 7. The van der Waals surface area contributed by atoms with Crippen molar-refractivity contribution in [1.29, 1.82) is 0 Å². The second-order valence-corrected chi connectivity index (χ2v) is 10.9. The SMILES string of the molecule is CC1(C)COCCC1Nc1ncc2nc(Nc3c(F)cc(Cl)cc3F)n(C3CCC(C(N)=O)CC3)c2n1. The minimum Gasteiger partial charge on any atom is -0.381 e. The van der Waals surface area contributed by atoms with Gasteiger partial charge in [0.1, 0.15) is 11.2 Å². The number of hydrogen-bond donors (Lipinski definition) is 3. The zero-order valence-electron chi connectivity index (χ0n) is 20.7. The molecule has 3 heterocycles. The third-order valence-electron chi connectivity index (χ3n) is 7.41. The van der Waals surface area contributed by atoms with E-state index in [9.17, 15) is 13.6 Å². The maximum atomic E-state index is 14.6. The number of rotatable bonds is 6. The van der Waals surface area contributed by atoms with Crippen LogP contribution in [0.15, 0.2) is 18.3 Å². The highest BCUT2D eigenvalue weighted by Crippen LogP contribution is 2.38. The normalized spacial score (nSPS) is 23.6. The number of benzene rings is 1. The van der Waals surface area contributed by atoms with Crippen molar-refractivity contribution < 1.29 is 18.3 Å². The number of carbonyl (C=O) groups is 1. The van der Waals surface area contributed by atoms with E-state index in [1.807, 2.05) is 4.57 Å². The lowest BCUT2D eigenvalue weighted by Crippen LogP contribution is -2.44. The fraction of sp³-hybridized carbons (Fsp3) is 0.520. The molecule has 1 aliphatic carbocycles. The Morgan fingerprint density at radius 2 is 1.86 bits per heavy atom. The zero-order chi connectivity index (χ0) is 26.3. The highest BCUT2D eigenvalue weighted by atomic mass is 35.5. The van der Waals surface area contributed by atoms with Crippen LogP contribution in [-0.4, -0.2) is 44.7 Å². The molecule has 1 saturated heterocycles. The van der Waals surface area contributed by atoms with Gasteiger partial charge in [0.05, 0.1) is 12.8 Å². The molecule has 5 rings (SSSR count). The van der Waals surface area contributed by atoms with Crippen LogP contribution in [0.2, 0.25) is 5.02 Å². The standard InChI is InChI=1S/C25H30ClF2N7O2/c1-25(2)12-37-8-7-19(25)32-23-30-11-18-22(34-23)35(15-5-3-13(4-6-15)21(29)36)24(31-18)33-20-16(27)9-14(26)10-17(20)28/h9-11,13,15,19H,3-8,12H2,1-2H3,(H2,29,36)(H,31,33)(H,30,32,34). The lowest BCUT2D eigenvalue weighted by molar-refractivity contribution is -0.122. The number of halogens is 3. The van der Waals surface area contributed by atoms with Gasteiger partial charge in [0, 0.05) is 35.0 Å². The van der Waals surface area contributed by atoms with Crippen molar-refractivity contribution in [1.82, 2.24) is 19.5 Å². The number of carbonyl (C=O) groups excluding carboxylic acids is 1. The topological polar surface area (TPSA) is 120 Å². The van der Waals surface area contributed by atoms with Crippen LogP contribution < -0.4 is 16.4 Å². The van der Waals surface area contributed by atoms with Crippen LogP contribution in [0.5, 0.6) is 0 Å². The second kappa shape index (κ2) is 10.0. The van der Waals surface area contributed by atoms with Crippen molar-refractivity contribution in [3.8, 4) is 0 Å². The predicted molar refractivity (Wildman–Crippen MR) is 137 cm³/mol. The van der Waals surface area contributed by atoms with Gasteiger partial charge in [0.2, 0.25) is 17.8 Å². The van der Waals surface area contributed by atoms with Crippen molar-refractivity contribution in [3.05, 3.63) is 35.0 Å². The van der Waals surface area contributed by atoms with Crippen LogP contribution >= 0.6 is 11.6 Å². The number of primary amides is 1. The van der Waals surface area contributed by atoms with E-state index in [0.29, 0.717) is 56.0 Å². The first-order chi connectivity index (χ1) is 17.6. The van der Waals surface area contributed by atoms with E-state index in [1.54, 1.807) is 6.20 Å². The summed E-state index contributed by atoms with van der Waals surface area (Å²) >= 11 is 5.80. The Balaban J connectivity index is 1.53. The first-order valence-electron chi connectivity index (χ1n) is 12.4. The summed E-state index contributed by atoms with van der Waals surface area (Å²) in [6, 6.07) is 2.07. The summed E-state index contributed by atoms with van der Waals surface area (Å²) in [6.07, 6.45) is 4.90. The highest BCUT2D eigenvalue weighted by Gasteiger charge is 2.34. The van der Waals surface area contributed by atoms with Crippen LogP contribution in [-0.2, 0) is 9.53 Å². The molecule has 9 nitrogen and oxygen atoms in total. The van der Waals surface area contributed by atoms with Gasteiger partial charge >= 0.3 is 0 Å². The van der Waals surface area contributed by atoms with Crippen molar-refractivity contribution in [2.24, 2.45) is 17.1 Å². The molecule has 1 amide bonds. The Bertz CT molecular complexity index is 1300. The van der Waals surface area contributed by atoms with Gasteiger partial charge in [-0.2, -0.15) is 4.98 Å². The monoisotopic (exact) mass is 533 g/mol. The van der Waals surface area contributed by atoms with Crippen LogP contribution in [0.1, 0.15) is 52.0 Å². The van der Waals surface area contributed by atoms with E-state index < -0.39 is 11.6 Å². The number of ether oxygens (including phenoxy) is 1. The van der Waals surface area contributed by atoms with Crippen LogP contribution in [0.25, 0.3) is 11.2 Å². The lowest BCUT2D eigenvalue weighted by atomic mass is 9.82. The average Bonchev–Trinajstić information content (AvgIpc) is 3.20. The summed E-state index contributed by atoms with van der Waals surface area (Å²) in [5.41, 5.74) is 6.07. The Hall–Kier alpha value is -3.05. The van der Waals surface area contributed by atoms with E-state index >= 15 is 0 Å². The Morgan fingerprint density at radius 1 is 1.16 bits per heavy atom. The van der Waals surface area contributed by atoms with E-state index in [1.165, 1.54) is 0 Å². The smallest absolute Gasteiger partial charge is 0.225 e. The van der Waals surface area contributed by atoms with Crippen LogP contribution in [0, 0.1) is 23.0 Å². The molecule has 0 bridgehead atoms. The summed E-state index contributed by atoms with van der Waals surface area (Å²) in [5, 5.41) is 6.21. The van der Waals surface area contributed by atoms with Gasteiger partial charge < -0.3 is 21.1 Å². The molecule has 0 radical (unpaired) electrons. The van der Waals surface area contributed by atoms with Gasteiger partial charge in [-0.25, -0.2) is 18.7 Å². The molecule has 4 N–H and O–H groups in total. The zero-order valence-corrected chi connectivity index (χ0v) is 21.5. The molecule has 1 saturated carbocycles. The Kier molecular flexibility index (Phi) is 6.93. The maximum absolute atomic E-state index is 14.6. The number of nitrogens with two attached hydrogens (primary N) is 1. The number of aromatic nitrogens is 4. The largest absolute Gasteiger partial charge is 0.381 e. The number of fused-ring (bicyclic) bond motifs is 1. The molecule has 2 aliphatic rings. The predicted octanol–water partition coefficient (Wildman–Crippen LogP) is 4.95. The molecule has 1 atom stereocenters.